The lowest BCUT2D eigenvalue weighted by atomic mass is 9.93. The molecule has 1 aliphatic rings. The molecule has 0 bridgehead atoms. The fourth-order valence-electron chi connectivity index (χ4n) is 15.2. The third-order valence-corrected chi connectivity index (χ3v) is 22.0. The smallest absolute Gasteiger partial charge is 0.311 e. The van der Waals surface area contributed by atoms with Gasteiger partial charge in [0.25, 0.3) is 0 Å². The molecule has 0 spiro atoms. The minimum atomic E-state index is -0.941. The highest BCUT2D eigenvalue weighted by molar-refractivity contribution is 5.77. The number of carbonyl (C=O) groups excluding carboxylic acids is 5. The fraction of sp³-hybridized carbons (Fsp3) is 0.821. The lowest BCUT2D eigenvalue weighted by Crippen LogP contribution is -2.35. The molecule has 0 unspecified atom stereocenters. The minimum Gasteiger partial charge on any atom is -0.481 e. The number of ether oxygens (including phenoxy) is 6. The molecule has 0 fully saturated rings. The van der Waals surface area contributed by atoms with Crippen LogP contribution in [0.5, 0.6) is 28.7 Å². The number of fused-ring (bicyclic) bond motifs is 1. The Kier molecular flexibility index (Phi) is 63.0. The van der Waals surface area contributed by atoms with E-state index in [0.717, 1.165) is 96.3 Å². The van der Waals surface area contributed by atoms with E-state index in [-0.39, 0.29) is 85.4 Å². The summed E-state index contributed by atoms with van der Waals surface area (Å²) in [6, 6.07) is 8.44. The zero-order valence-electron chi connectivity index (χ0n) is 69.7. The van der Waals surface area contributed by atoms with Gasteiger partial charge in [0.1, 0.15) is 23.4 Å². The molecule has 106 heavy (non-hydrogen) atoms. The molecular formula is C95H164O11. The molecule has 0 amide bonds. The molecule has 2 atom stereocenters. The zero-order chi connectivity index (χ0) is 76.1. The first-order valence-corrected chi connectivity index (χ1v) is 46.1. The van der Waals surface area contributed by atoms with Gasteiger partial charge in [0, 0.05) is 61.8 Å². The molecule has 1 aliphatic heterocycles. The van der Waals surface area contributed by atoms with Gasteiger partial charge in [0.2, 0.25) is 0 Å². The normalized spacial score (nSPS) is 13.4. The maximum atomic E-state index is 14.2. The highest BCUT2D eigenvalue weighted by atomic mass is 16.6. The molecule has 1 heterocycles. The van der Waals surface area contributed by atoms with Crippen LogP contribution in [0.2, 0.25) is 0 Å². The van der Waals surface area contributed by atoms with Crippen LogP contribution in [0.15, 0.2) is 30.3 Å². The van der Waals surface area contributed by atoms with E-state index in [0.29, 0.717) is 49.0 Å². The van der Waals surface area contributed by atoms with E-state index in [4.69, 9.17) is 28.4 Å². The van der Waals surface area contributed by atoms with E-state index in [1.54, 1.807) is 30.3 Å². The first-order chi connectivity index (χ1) is 52.1. The number of unbranched alkanes of at least 4 members (excludes halogenated alkanes) is 60. The number of hydrogen-bond acceptors (Lipinski definition) is 11. The summed E-state index contributed by atoms with van der Waals surface area (Å²) in [5.41, 5.74) is 1.07. The quantitative estimate of drug-likeness (QED) is 0.0355. The third-order valence-electron chi connectivity index (χ3n) is 22.0. The number of hydrogen-bond donors (Lipinski definition) is 0. The van der Waals surface area contributed by atoms with E-state index in [9.17, 15) is 24.0 Å². The Morgan fingerprint density at radius 1 is 0.274 bits per heavy atom. The minimum absolute atomic E-state index is 0.0981. The summed E-state index contributed by atoms with van der Waals surface area (Å²) in [7, 11) is 0. The van der Waals surface area contributed by atoms with E-state index in [1.165, 1.54) is 289 Å². The lowest BCUT2D eigenvalue weighted by Gasteiger charge is -2.34. The molecule has 0 aromatic heterocycles. The Morgan fingerprint density at radius 2 is 0.519 bits per heavy atom. The van der Waals surface area contributed by atoms with Crippen molar-refractivity contribution in [2.75, 3.05) is 0 Å². The van der Waals surface area contributed by atoms with Crippen molar-refractivity contribution >= 4 is 29.8 Å². The van der Waals surface area contributed by atoms with E-state index in [2.05, 4.69) is 34.6 Å². The lowest BCUT2D eigenvalue weighted by molar-refractivity contribution is -0.155. The van der Waals surface area contributed by atoms with Gasteiger partial charge >= 0.3 is 29.8 Å². The van der Waals surface area contributed by atoms with Gasteiger partial charge in [-0.3, -0.25) is 24.0 Å². The van der Waals surface area contributed by atoms with Crippen molar-refractivity contribution in [1.29, 1.82) is 0 Å². The van der Waals surface area contributed by atoms with Crippen molar-refractivity contribution in [2.24, 2.45) is 0 Å². The molecule has 11 nitrogen and oxygen atoms in total. The van der Waals surface area contributed by atoms with Crippen molar-refractivity contribution in [1.82, 2.24) is 0 Å². The van der Waals surface area contributed by atoms with Gasteiger partial charge in [-0.05, 0) is 44.2 Å². The molecule has 11 heteroatoms. The van der Waals surface area contributed by atoms with Crippen LogP contribution >= 0.6 is 0 Å². The second kappa shape index (κ2) is 69.8. The molecule has 2 aromatic rings. The molecule has 0 saturated heterocycles. The Morgan fingerprint density at radius 3 is 0.811 bits per heavy atom. The van der Waals surface area contributed by atoms with Gasteiger partial charge in [-0.2, -0.15) is 0 Å². The van der Waals surface area contributed by atoms with E-state index in [1.807, 2.05) is 0 Å². The van der Waals surface area contributed by atoms with Crippen LogP contribution in [0, 0.1) is 0 Å². The van der Waals surface area contributed by atoms with Gasteiger partial charge in [0.15, 0.2) is 17.6 Å². The Hall–Kier alpha value is -4.41. The summed E-state index contributed by atoms with van der Waals surface area (Å²) in [5.74, 6) is -0.929. The summed E-state index contributed by atoms with van der Waals surface area (Å²) in [6.07, 6.45) is 77.3. The van der Waals surface area contributed by atoms with E-state index < -0.39 is 18.2 Å². The van der Waals surface area contributed by atoms with Crippen molar-refractivity contribution < 1.29 is 52.4 Å². The van der Waals surface area contributed by atoms with Crippen LogP contribution in [-0.4, -0.2) is 36.0 Å². The second-order valence-electron chi connectivity index (χ2n) is 32.2. The average Bonchev–Trinajstić information content (AvgIpc) is 0.770. The molecule has 0 N–H and O–H groups in total. The van der Waals surface area contributed by atoms with Crippen LogP contribution in [0.4, 0.5) is 0 Å². The van der Waals surface area contributed by atoms with Gasteiger partial charge in [-0.25, -0.2) is 0 Å². The van der Waals surface area contributed by atoms with E-state index >= 15 is 0 Å². The standard InChI is InChI=1S/C95H164O11/c1-6-11-16-21-26-31-36-41-46-51-56-61-66-71-90(96)101-83-79-86(103-92(98)73-68-63-58-53-48-43-38-33-28-23-18-13-8-3)84-81-89(105-94(100)75-70-65-60-55-50-45-40-35-30-25-20-15-10-5)95(106-87(84)80-83)82-76-77-85(102-91(97)72-67-62-57-52-47-42-37-32-27-22-17-12-7-2)88(78-82)104-93(99)74-69-64-59-54-49-44-39-34-29-24-19-14-9-4/h76-80,89,95H,6-75,81H2,1-5H3/t89-,95+/m0/s1. The van der Waals surface area contributed by atoms with Gasteiger partial charge in [0.05, 0.1) is 0 Å². The van der Waals surface area contributed by atoms with Crippen molar-refractivity contribution in [3.63, 3.8) is 0 Å². The van der Waals surface area contributed by atoms with Crippen molar-refractivity contribution in [3.05, 3.63) is 41.5 Å². The summed E-state index contributed by atoms with van der Waals surface area (Å²) in [5, 5.41) is 0. The van der Waals surface area contributed by atoms with Gasteiger partial charge in [-0.15, -0.1) is 0 Å². The Bertz CT molecular complexity index is 2430. The predicted octanol–water partition coefficient (Wildman–Crippen LogP) is 30.3. The number of carbonyl (C=O) groups is 5. The summed E-state index contributed by atoms with van der Waals surface area (Å²) in [6.45, 7) is 11.3. The number of rotatable bonds is 76. The van der Waals surface area contributed by atoms with Gasteiger partial charge in [-0.1, -0.05) is 426 Å². The molecule has 3 rings (SSSR count). The highest BCUT2D eigenvalue weighted by Crippen LogP contribution is 2.46. The second-order valence-corrected chi connectivity index (χ2v) is 32.2. The van der Waals surface area contributed by atoms with Crippen LogP contribution < -0.4 is 23.7 Å². The molecule has 610 valence electrons. The topological polar surface area (TPSA) is 141 Å². The first kappa shape index (κ1) is 95.8. The maximum absolute atomic E-state index is 14.2. The Labute approximate surface area is 651 Å². The van der Waals surface area contributed by atoms with Gasteiger partial charge < -0.3 is 28.4 Å². The summed E-state index contributed by atoms with van der Waals surface area (Å²) in [4.78, 5) is 69.7. The Balaban J connectivity index is 1.89. The third kappa shape index (κ3) is 52.7. The SMILES string of the molecule is CCCCCCCCCCCCCCCC(=O)Oc1cc(OC(=O)CCCCCCCCCCCCCCC)c2c(c1)O[C@H](c1ccc(OC(=O)CCCCCCCCCCCCCCC)c(OC(=O)CCCCCCCCCCCCCCC)c1)[C@@H](OC(=O)CCCCCCCCCCCCCCC)C2. The maximum Gasteiger partial charge on any atom is 0.311 e. The number of benzene rings is 2. The van der Waals surface area contributed by atoms with Crippen LogP contribution in [0.1, 0.15) is 501 Å². The monoisotopic (exact) mass is 1480 g/mol. The molecule has 0 aliphatic carbocycles. The fourth-order valence-corrected chi connectivity index (χ4v) is 15.2. The molecule has 2 aromatic carbocycles. The average molecular weight is 1480 g/mol. The summed E-state index contributed by atoms with van der Waals surface area (Å²) < 4.78 is 38.3. The largest absolute Gasteiger partial charge is 0.481 e. The predicted molar refractivity (Wildman–Crippen MR) is 444 cm³/mol. The van der Waals surface area contributed by atoms with Crippen molar-refractivity contribution in [3.8, 4) is 28.7 Å². The molecule has 0 saturated carbocycles. The van der Waals surface area contributed by atoms with Crippen LogP contribution in [0.3, 0.4) is 0 Å². The summed E-state index contributed by atoms with van der Waals surface area (Å²) >= 11 is 0. The highest BCUT2D eigenvalue weighted by Gasteiger charge is 2.38. The first-order valence-electron chi connectivity index (χ1n) is 46.1. The zero-order valence-corrected chi connectivity index (χ0v) is 69.7. The molecule has 0 radical (unpaired) electrons. The van der Waals surface area contributed by atoms with Crippen molar-refractivity contribution in [2.45, 2.75) is 503 Å². The van der Waals surface area contributed by atoms with Crippen LogP contribution in [-0.2, 0) is 35.1 Å². The number of esters is 5. The molecular weight excluding hydrogens is 1320 g/mol. The van der Waals surface area contributed by atoms with Crippen LogP contribution in [0.25, 0.3) is 0 Å².